The Morgan fingerprint density at radius 2 is 1.97 bits per heavy atom. The summed E-state index contributed by atoms with van der Waals surface area (Å²) < 4.78 is 52.9. The first kappa shape index (κ1) is 22.1. The predicted octanol–water partition coefficient (Wildman–Crippen LogP) is 3.82. The van der Waals surface area contributed by atoms with E-state index in [0.717, 1.165) is 24.8 Å². The zero-order chi connectivity index (χ0) is 23.7. The zero-order valence-corrected chi connectivity index (χ0v) is 19.5. The van der Waals surface area contributed by atoms with Gasteiger partial charge in [-0.1, -0.05) is 5.16 Å². The van der Waals surface area contributed by atoms with Gasteiger partial charge in [0.2, 0.25) is 0 Å². The summed E-state index contributed by atoms with van der Waals surface area (Å²) in [4.78, 5) is -0.0404. The molecule has 0 atom stereocenters. The maximum atomic E-state index is 13.2. The van der Waals surface area contributed by atoms with Gasteiger partial charge in [0.1, 0.15) is 27.5 Å². The fraction of sp³-hybridized carbons (Fsp3) is 0.304. The van der Waals surface area contributed by atoms with Crippen LogP contribution in [0.5, 0.6) is 17.2 Å². The lowest BCUT2D eigenvalue weighted by Crippen LogP contribution is -2.24. The second-order valence-corrected chi connectivity index (χ2v) is 9.65. The number of ether oxygens (including phenoxy) is 3. The number of nitrogens with zero attached hydrogens (tertiary/aromatic N) is 3. The zero-order valence-electron chi connectivity index (χ0n) is 18.7. The molecule has 178 valence electrons. The lowest BCUT2D eigenvalue weighted by Gasteiger charge is -2.26. The van der Waals surface area contributed by atoms with Gasteiger partial charge in [0.15, 0.2) is 11.4 Å². The second kappa shape index (κ2) is 8.90. The third-order valence-electron chi connectivity index (χ3n) is 5.73. The number of methoxy groups -OCH3 is 2. The molecule has 5 rings (SSSR count). The van der Waals surface area contributed by atoms with Gasteiger partial charge in [-0.3, -0.25) is 9.40 Å². The van der Waals surface area contributed by atoms with Crippen LogP contribution in [0.3, 0.4) is 0 Å². The van der Waals surface area contributed by atoms with Crippen molar-refractivity contribution in [3.05, 3.63) is 54.4 Å². The van der Waals surface area contributed by atoms with Gasteiger partial charge in [-0.15, -0.1) is 0 Å². The Balaban J connectivity index is 1.45. The Hall–Kier alpha value is -3.73. The van der Waals surface area contributed by atoms with Gasteiger partial charge in [0.25, 0.3) is 10.0 Å². The fourth-order valence-corrected chi connectivity index (χ4v) is 4.96. The lowest BCUT2D eigenvalue weighted by molar-refractivity contribution is 0.120. The number of fused-ring (bicyclic) bond motifs is 1. The van der Waals surface area contributed by atoms with Gasteiger partial charge in [-0.25, -0.2) is 8.42 Å². The first-order valence-corrected chi connectivity index (χ1v) is 12.3. The molecule has 4 aromatic rings. The topological polar surface area (TPSA) is 118 Å². The van der Waals surface area contributed by atoms with Crippen LogP contribution in [0.15, 0.2) is 58.2 Å². The molecule has 1 aliphatic carbocycles. The largest absolute Gasteiger partial charge is 0.496 e. The average Bonchev–Trinajstić information content (AvgIpc) is 3.45. The number of rotatable bonds is 9. The molecule has 0 spiro atoms. The van der Waals surface area contributed by atoms with Crippen LogP contribution in [0.2, 0.25) is 0 Å². The smallest absolute Gasteiger partial charge is 0.266 e. The van der Waals surface area contributed by atoms with E-state index in [1.165, 1.54) is 20.3 Å². The molecule has 10 nitrogen and oxygen atoms in total. The number of anilines is 1. The monoisotopic (exact) mass is 484 g/mol. The van der Waals surface area contributed by atoms with Crippen molar-refractivity contribution < 1.29 is 27.2 Å². The third kappa shape index (κ3) is 4.26. The Morgan fingerprint density at radius 3 is 2.65 bits per heavy atom. The predicted molar refractivity (Wildman–Crippen MR) is 124 cm³/mol. The highest BCUT2D eigenvalue weighted by Gasteiger charge is 2.26. The molecule has 1 N–H and O–H groups in total. The van der Waals surface area contributed by atoms with Gasteiger partial charge < -0.3 is 18.7 Å². The first-order chi connectivity index (χ1) is 16.5. The fourth-order valence-electron chi connectivity index (χ4n) is 3.80. The van der Waals surface area contributed by atoms with Crippen molar-refractivity contribution in [2.45, 2.75) is 36.8 Å². The molecule has 0 amide bonds. The minimum Gasteiger partial charge on any atom is -0.496 e. The van der Waals surface area contributed by atoms with Gasteiger partial charge in [-0.2, -0.15) is 5.10 Å². The molecule has 1 fully saturated rings. The van der Waals surface area contributed by atoms with E-state index in [0.29, 0.717) is 29.0 Å². The summed E-state index contributed by atoms with van der Waals surface area (Å²) >= 11 is 0. The highest BCUT2D eigenvalue weighted by molar-refractivity contribution is 7.92. The molecule has 0 unspecified atom stereocenters. The molecule has 0 aliphatic heterocycles. The summed E-state index contributed by atoms with van der Waals surface area (Å²) in [6.45, 7) is 0.494. The lowest BCUT2D eigenvalue weighted by atomic mass is 9.96. The van der Waals surface area contributed by atoms with Gasteiger partial charge in [-0.05, 0) is 55.2 Å². The minimum atomic E-state index is -4.05. The molecule has 0 bridgehead atoms. The van der Waals surface area contributed by atoms with Crippen molar-refractivity contribution in [1.82, 2.24) is 14.9 Å². The van der Waals surface area contributed by atoms with Crippen molar-refractivity contribution in [2.24, 2.45) is 0 Å². The summed E-state index contributed by atoms with van der Waals surface area (Å²) in [5.74, 6) is 1.19. The highest BCUT2D eigenvalue weighted by atomic mass is 32.2. The molecule has 1 aliphatic rings. The number of aromatic nitrogens is 3. The Labute approximate surface area is 196 Å². The first-order valence-electron chi connectivity index (χ1n) is 10.8. The van der Waals surface area contributed by atoms with Crippen molar-refractivity contribution >= 4 is 26.8 Å². The standard InChI is InChI=1S/C23H24N4O6S/c1-30-18-13-17(32-16-5-3-6-16)7-8-21(18)34(28,29)26-23-22-19(31-2)11-15(12-20(22)33-25-23)14-27-10-4-9-24-27/h4,7-13,16H,3,5-6,14H2,1-2H3,(H,25,26). The Kier molecular flexibility index (Phi) is 5.78. The number of nitrogens with one attached hydrogen (secondary N) is 1. The number of hydrogen-bond donors (Lipinski definition) is 1. The third-order valence-corrected chi connectivity index (χ3v) is 7.11. The molecule has 11 heteroatoms. The molecule has 0 radical (unpaired) electrons. The van der Waals surface area contributed by atoms with Crippen LogP contribution in [-0.2, 0) is 16.6 Å². The summed E-state index contributed by atoms with van der Waals surface area (Å²) in [5.41, 5.74) is 1.25. The van der Waals surface area contributed by atoms with E-state index >= 15 is 0 Å². The quantitative estimate of drug-likeness (QED) is 0.381. The van der Waals surface area contributed by atoms with Crippen LogP contribution in [0.25, 0.3) is 11.0 Å². The van der Waals surface area contributed by atoms with E-state index in [9.17, 15) is 8.42 Å². The van der Waals surface area contributed by atoms with Crippen LogP contribution in [-0.4, -0.2) is 43.7 Å². The normalized spacial score (nSPS) is 14.1. The maximum Gasteiger partial charge on any atom is 0.266 e. The number of sulfonamides is 1. The van der Waals surface area contributed by atoms with E-state index in [2.05, 4.69) is 15.0 Å². The summed E-state index contributed by atoms with van der Waals surface area (Å²) in [6.07, 6.45) is 6.82. The van der Waals surface area contributed by atoms with Crippen molar-refractivity contribution in [2.75, 3.05) is 18.9 Å². The maximum absolute atomic E-state index is 13.2. The molecule has 2 aromatic heterocycles. The van der Waals surface area contributed by atoms with E-state index in [4.69, 9.17) is 18.7 Å². The van der Waals surface area contributed by atoms with Crippen LogP contribution in [0, 0.1) is 0 Å². The van der Waals surface area contributed by atoms with E-state index in [1.807, 2.05) is 12.3 Å². The molecular formula is C23H24N4O6S. The van der Waals surface area contributed by atoms with Gasteiger partial charge >= 0.3 is 0 Å². The Morgan fingerprint density at radius 1 is 1.15 bits per heavy atom. The molecule has 34 heavy (non-hydrogen) atoms. The van der Waals surface area contributed by atoms with Crippen molar-refractivity contribution in [3.63, 3.8) is 0 Å². The van der Waals surface area contributed by atoms with E-state index in [1.54, 1.807) is 35.1 Å². The van der Waals surface area contributed by atoms with Gasteiger partial charge in [0.05, 0.1) is 26.9 Å². The van der Waals surface area contributed by atoms with Crippen LogP contribution in [0.1, 0.15) is 24.8 Å². The summed E-state index contributed by atoms with van der Waals surface area (Å²) in [5, 5.41) is 8.56. The summed E-state index contributed by atoms with van der Waals surface area (Å²) in [6, 6.07) is 10.1. The van der Waals surface area contributed by atoms with Crippen LogP contribution in [0.4, 0.5) is 5.82 Å². The van der Waals surface area contributed by atoms with Gasteiger partial charge in [0, 0.05) is 18.5 Å². The van der Waals surface area contributed by atoms with Crippen LogP contribution < -0.4 is 18.9 Å². The average molecular weight is 485 g/mol. The molecule has 0 saturated heterocycles. The SMILES string of the molecule is COc1cc(OC2CCC2)ccc1S(=O)(=O)Nc1noc2cc(Cn3cccn3)cc(OC)c12. The number of benzene rings is 2. The van der Waals surface area contributed by atoms with Crippen molar-refractivity contribution in [3.8, 4) is 17.2 Å². The van der Waals surface area contributed by atoms with Crippen LogP contribution >= 0.6 is 0 Å². The number of hydrogen-bond acceptors (Lipinski definition) is 8. The highest BCUT2D eigenvalue weighted by Crippen LogP contribution is 2.37. The molecular weight excluding hydrogens is 460 g/mol. The Bertz CT molecular complexity index is 1410. The second-order valence-electron chi connectivity index (χ2n) is 7.99. The minimum absolute atomic E-state index is 0.0225. The van der Waals surface area contributed by atoms with E-state index in [-0.39, 0.29) is 22.6 Å². The summed E-state index contributed by atoms with van der Waals surface area (Å²) in [7, 11) is -1.14. The van der Waals surface area contributed by atoms with Crippen molar-refractivity contribution in [1.29, 1.82) is 0 Å². The molecule has 2 heterocycles. The molecule has 2 aromatic carbocycles. The molecule has 1 saturated carbocycles. The van der Waals surface area contributed by atoms with E-state index < -0.39 is 10.0 Å².